The van der Waals surface area contributed by atoms with Crippen molar-refractivity contribution in [1.29, 1.82) is 0 Å². The average molecular weight is 361 g/mol. The molecule has 1 heterocycles. The van der Waals surface area contributed by atoms with Crippen LogP contribution in [-0.2, 0) is 19.0 Å². The Morgan fingerprint density at radius 2 is 1.92 bits per heavy atom. The SMILES string of the molecule is C#CCCCC(=O)NCCOCCO[C@H]1O[C@H](CO)[C@@H](O)[C@H](O)[C@@H]1O. The molecule has 144 valence electrons. The summed E-state index contributed by atoms with van der Waals surface area (Å²) < 4.78 is 15.7. The Balaban J connectivity index is 2.09. The van der Waals surface area contributed by atoms with Crippen molar-refractivity contribution in [3.63, 3.8) is 0 Å². The van der Waals surface area contributed by atoms with Gasteiger partial charge in [0.1, 0.15) is 24.4 Å². The van der Waals surface area contributed by atoms with Crippen LogP contribution < -0.4 is 5.32 Å². The van der Waals surface area contributed by atoms with E-state index in [9.17, 15) is 20.1 Å². The topological polar surface area (TPSA) is 138 Å². The average Bonchev–Trinajstić information content (AvgIpc) is 2.61. The quantitative estimate of drug-likeness (QED) is 0.205. The lowest BCUT2D eigenvalue weighted by atomic mass is 9.99. The highest BCUT2D eigenvalue weighted by Gasteiger charge is 2.43. The summed E-state index contributed by atoms with van der Waals surface area (Å²) >= 11 is 0. The van der Waals surface area contributed by atoms with E-state index < -0.39 is 37.3 Å². The molecule has 0 unspecified atom stereocenters. The standard InChI is InChI=1S/C16H27NO8/c1-2-3-4-5-12(19)17-6-7-23-8-9-24-16-15(22)14(21)13(20)11(10-18)25-16/h1,11,13-16,18,20-22H,3-10H2,(H,17,19)/t11-,13-,14+,15+,16+/m1/s1. The third kappa shape index (κ3) is 7.66. The Labute approximate surface area is 146 Å². The third-order valence-electron chi connectivity index (χ3n) is 3.65. The van der Waals surface area contributed by atoms with Gasteiger partial charge in [-0.05, 0) is 6.42 Å². The monoisotopic (exact) mass is 361 g/mol. The molecule has 25 heavy (non-hydrogen) atoms. The van der Waals surface area contributed by atoms with Crippen molar-refractivity contribution < 1.29 is 39.4 Å². The highest BCUT2D eigenvalue weighted by atomic mass is 16.7. The number of hydrogen-bond donors (Lipinski definition) is 5. The second-order valence-corrected chi connectivity index (χ2v) is 5.59. The lowest BCUT2D eigenvalue weighted by molar-refractivity contribution is -0.302. The van der Waals surface area contributed by atoms with Crippen LogP contribution in [0.2, 0.25) is 0 Å². The van der Waals surface area contributed by atoms with Crippen molar-refractivity contribution in [3.05, 3.63) is 0 Å². The van der Waals surface area contributed by atoms with Crippen LogP contribution in [0, 0.1) is 12.3 Å². The molecule has 0 aromatic heterocycles. The lowest BCUT2D eigenvalue weighted by Gasteiger charge is -2.39. The molecule has 0 aliphatic carbocycles. The van der Waals surface area contributed by atoms with E-state index in [0.29, 0.717) is 32.4 Å². The summed E-state index contributed by atoms with van der Waals surface area (Å²) in [5, 5.41) is 40.8. The Morgan fingerprint density at radius 3 is 2.60 bits per heavy atom. The minimum Gasteiger partial charge on any atom is -0.394 e. The molecule has 1 fully saturated rings. The highest BCUT2D eigenvalue weighted by molar-refractivity contribution is 5.75. The molecule has 1 rings (SSSR count). The largest absolute Gasteiger partial charge is 0.394 e. The molecule has 0 saturated carbocycles. The summed E-state index contributed by atoms with van der Waals surface area (Å²) in [4.78, 5) is 11.4. The summed E-state index contributed by atoms with van der Waals surface area (Å²) in [6, 6.07) is 0. The van der Waals surface area contributed by atoms with Crippen molar-refractivity contribution in [2.24, 2.45) is 0 Å². The number of nitrogens with one attached hydrogen (secondary N) is 1. The van der Waals surface area contributed by atoms with Gasteiger partial charge in [0.05, 0.1) is 26.4 Å². The molecule has 1 aliphatic heterocycles. The van der Waals surface area contributed by atoms with E-state index in [0.717, 1.165) is 0 Å². The van der Waals surface area contributed by atoms with E-state index in [1.54, 1.807) is 0 Å². The highest BCUT2D eigenvalue weighted by Crippen LogP contribution is 2.21. The van der Waals surface area contributed by atoms with Crippen molar-refractivity contribution >= 4 is 5.91 Å². The minimum absolute atomic E-state index is 0.0683. The molecular weight excluding hydrogens is 334 g/mol. The van der Waals surface area contributed by atoms with Crippen LogP contribution >= 0.6 is 0 Å². The number of aliphatic hydroxyl groups excluding tert-OH is 4. The molecule has 9 heteroatoms. The van der Waals surface area contributed by atoms with Gasteiger partial charge in [-0.25, -0.2) is 0 Å². The number of terminal acetylenes is 1. The van der Waals surface area contributed by atoms with Crippen LogP contribution in [0.1, 0.15) is 19.3 Å². The van der Waals surface area contributed by atoms with Crippen molar-refractivity contribution in [1.82, 2.24) is 5.32 Å². The second kappa shape index (κ2) is 12.2. The van der Waals surface area contributed by atoms with E-state index in [-0.39, 0.29) is 19.1 Å². The van der Waals surface area contributed by atoms with Crippen LogP contribution in [0.4, 0.5) is 0 Å². The van der Waals surface area contributed by atoms with Gasteiger partial charge in [0.25, 0.3) is 0 Å². The van der Waals surface area contributed by atoms with Gasteiger partial charge in [0.15, 0.2) is 6.29 Å². The number of carbonyl (C=O) groups is 1. The van der Waals surface area contributed by atoms with E-state index in [2.05, 4.69) is 11.2 Å². The number of amides is 1. The molecule has 5 atom stereocenters. The zero-order chi connectivity index (χ0) is 18.7. The van der Waals surface area contributed by atoms with Crippen LogP contribution in [-0.4, -0.2) is 90.0 Å². The number of aliphatic hydroxyl groups is 4. The maximum absolute atomic E-state index is 11.4. The fourth-order valence-electron chi connectivity index (χ4n) is 2.23. The van der Waals surface area contributed by atoms with Crippen molar-refractivity contribution in [2.75, 3.05) is 33.0 Å². The van der Waals surface area contributed by atoms with Crippen LogP contribution in [0.3, 0.4) is 0 Å². The van der Waals surface area contributed by atoms with Crippen molar-refractivity contribution in [3.8, 4) is 12.3 Å². The van der Waals surface area contributed by atoms with Gasteiger partial charge in [-0.2, -0.15) is 0 Å². The van der Waals surface area contributed by atoms with Crippen molar-refractivity contribution in [2.45, 2.75) is 50.0 Å². The summed E-state index contributed by atoms with van der Waals surface area (Å²) in [6.45, 7) is 0.386. The van der Waals surface area contributed by atoms with Gasteiger partial charge in [0, 0.05) is 19.4 Å². The normalized spacial score (nSPS) is 29.2. The fraction of sp³-hybridized carbons (Fsp3) is 0.812. The van der Waals surface area contributed by atoms with Crippen LogP contribution in [0.15, 0.2) is 0 Å². The molecular formula is C16H27NO8. The molecule has 1 amide bonds. The van der Waals surface area contributed by atoms with Gasteiger partial charge in [-0.3, -0.25) is 4.79 Å². The molecule has 0 spiro atoms. The molecule has 0 bridgehead atoms. The lowest BCUT2D eigenvalue weighted by Crippen LogP contribution is -2.59. The Kier molecular flexibility index (Phi) is 10.6. The first-order chi connectivity index (χ1) is 12.0. The van der Waals surface area contributed by atoms with E-state index in [4.69, 9.17) is 25.7 Å². The number of unbranched alkanes of at least 4 members (excludes halogenated alkanes) is 1. The molecule has 9 nitrogen and oxygen atoms in total. The molecule has 1 saturated heterocycles. The molecule has 0 aromatic carbocycles. The number of carbonyl (C=O) groups excluding carboxylic acids is 1. The first kappa shape index (κ1) is 21.8. The maximum Gasteiger partial charge on any atom is 0.220 e. The van der Waals surface area contributed by atoms with Gasteiger partial charge in [-0.15, -0.1) is 12.3 Å². The molecule has 1 aliphatic rings. The third-order valence-corrected chi connectivity index (χ3v) is 3.65. The van der Waals surface area contributed by atoms with E-state index in [1.807, 2.05) is 0 Å². The van der Waals surface area contributed by atoms with Gasteiger partial charge < -0.3 is 40.0 Å². The summed E-state index contributed by atoms with van der Waals surface area (Å²) in [7, 11) is 0. The molecule has 0 aromatic rings. The summed E-state index contributed by atoms with van der Waals surface area (Å²) in [5.74, 6) is 2.38. The predicted molar refractivity (Wildman–Crippen MR) is 86.2 cm³/mol. The number of hydrogen-bond acceptors (Lipinski definition) is 8. The zero-order valence-corrected chi connectivity index (χ0v) is 14.0. The van der Waals surface area contributed by atoms with Gasteiger partial charge in [0.2, 0.25) is 5.91 Å². The number of rotatable bonds is 11. The fourth-order valence-corrected chi connectivity index (χ4v) is 2.23. The Bertz CT molecular complexity index is 425. The minimum atomic E-state index is -1.47. The van der Waals surface area contributed by atoms with Crippen LogP contribution in [0.5, 0.6) is 0 Å². The predicted octanol–water partition coefficient (Wildman–Crippen LogP) is -2.26. The zero-order valence-electron chi connectivity index (χ0n) is 14.0. The Morgan fingerprint density at radius 1 is 1.16 bits per heavy atom. The maximum atomic E-state index is 11.4. The first-order valence-corrected chi connectivity index (χ1v) is 8.21. The van der Waals surface area contributed by atoms with Crippen LogP contribution in [0.25, 0.3) is 0 Å². The smallest absolute Gasteiger partial charge is 0.220 e. The van der Waals surface area contributed by atoms with Gasteiger partial charge >= 0.3 is 0 Å². The van der Waals surface area contributed by atoms with E-state index in [1.165, 1.54) is 0 Å². The molecule has 0 radical (unpaired) electrons. The summed E-state index contributed by atoms with van der Waals surface area (Å²) in [6.07, 6.45) is 0.201. The Hall–Kier alpha value is -1.25. The van der Waals surface area contributed by atoms with Gasteiger partial charge in [-0.1, -0.05) is 0 Å². The summed E-state index contributed by atoms with van der Waals surface area (Å²) in [5.41, 5.74) is 0. The van der Waals surface area contributed by atoms with E-state index >= 15 is 0 Å². The number of ether oxygens (including phenoxy) is 3. The molecule has 5 N–H and O–H groups in total. The second-order valence-electron chi connectivity index (χ2n) is 5.59. The first-order valence-electron chi connectivity index (χ1n) is 8.21.